The van der Waals surface area contributed by atoms with Crippen LogP contribution >= 0.6 is 28.6 Å². The topological polar surface area (TPSA) is 22.0 Å². The van der Waals surface area contributed by atoms with E-state index in [2.05, 4.69) is 40.7 Å². The number of pyridine rings is 1. The summed E-state index contributed by atoms with van der Waals surface area (Å²) >= 11 is 7.65. The van der Waals surface area contributed by atoms with Gasteiger partial charge in [0.05, 0.1) is 4.47 Å². The Morgan fingerprint density at radius 1 is 1.17 bits per heavy atom. The Hall–Kier alpha value is -1.00. The van der Waals surface area contributed by atoms with E-state index in [1.165, 1.54) is 5.56 Å². The highest BCUT2D eigenvalue weighted by Crippen LogP contribution is 2.18. The fourth-order valence-corrected chi connectivity index (χ4v) is 2.59. The number of thiol groups is 1. The first kappa shape index (κ1) is 13.4. The highest BCUT2D eigenvalue weighted by atomic mass is 79.9. The van der Waals surface area contributed by atoms with Gasteiger partial charge < -0.3 is 4.57 Å². The maximum Gasteiger partial charge on any atom is 0.264 e. The third-order valence-corrected chi connectivity index (χ3v) is 3.93. The molecule has 4 heteroatoms. The summed E-state index contributed by atoms with van der Waals surface area (Å²) in [7, 11) is 0. The molecule has 1 aromatic carbocycles. The fraction of sp³-hybridized carbons (Fsp3) is 0.214. The molecule has 0 aliphatic rings. The lowest BCUT2D eigenvalue weighted by atomic mass is 10.0. The van der Waals surface area contributed by atoms with E-state index < -0.39 is 0 Å². The van der Waals surface area contributed by atoms with Crippen molar-refractivity contribution in [2.24, 2.45) is 0 Å². The second-order valence-electron chi connectivity index (χ2n) is 4.10. The Kier molecular flexibility index (Phi) is 4.66. The first-order valence-electron chi connectivity index (χ1n) is 5.73. The third kappa shape index (κ3) is 3.06. The SMILES string of the molecule is O=c1c(Br)cccn1CC(CS)c1ccccc1. The van der Waals surface area contributed by atoms with Crippen LogP contribution in [0.15, 0.2) is 57.9 Å². The Bertz CT molecular complexity index is 568. The molecule has 0 fully saturated rings. The average Bonchev–Trinajstić information content (AvgIpc) is 2.41. The van der Waals surface area contributed by atoms with Crippen LogP contribution in [0.5, 0.6) is 0 Å². The lowest BCUT2D eigenvalue weighted by Crippen LogP contribution is -2.23. The molecule has 2 rings (SSSR count). The summed E-state index contributed by atoms with van der Waals surface area (Å²) in [6, 6.07) is 13.8. The highest BCUT2D eigenvalue weighted by molar-refractivity contribution is 9.10. The van der Waals surface area contributed by atoms with E-state index in [-0.39, 0.29) is 11.5 Å². The van der Waals surface area contributed by atoms with Gasteiger partial charge in [0.1, 0.15) is 0 Å². The molecule has 1 atom stereocenters. The number of rotatable bonds is 4. The van der Waals surface area contributed by atoms with Crippen LogP contribution in [-0.4, -0.2) is 10.3 Å². The Morgan fingerprint density at radius 3 is 2.56 bits per heavy atom. The zero-order valence-corrected chi connectivity index (χ0v) is 12.3. The molecule has 18 heavy (non-hydrogen) atoms. The predicted molar refractivity (Wildman–Crippen MR) is 81.4 cm³/mol. The molecule has 0 saturated carbocycles. The number of hydrogen-bond donors (Lipinski definition) is 1. The van der Waals surface area contributed by atoms with Crippen molar-refractivity contribution >= 4 is 28.6 Å². The van der Waals surface area contributed by atoms with Gasteiger partial charge in [-0.2, -0.15) is 12.6 Å². The van der Waals surface area contributed by atoms with E-state index in [4.69, 9.17) is 0 Å². The predicted octanol–water partition coefficient (Wildman–Crippen LogP) is 3.32. The minimum Gasteiger partial charge on any atom is -0.314 e. The smallest absolute Gasteiger partial charge is 0.264 e. The average molecular weight is 324 g/mol. The summed E-state index contributed by atoms with van der Waals surface area (Å²) < 4.78 is 2.31. The zero-order valence-electron chi connectivity index (χ0n) is 9.79. The molecule has 0 radical (unpaired) electrons. The van der Waals surface area contributed by atoms with Crippen LogP contribution in [-0.2, 0) is 6.54 Å². The molecule has 2 nitrogen and oxygen atoms in total. The molecule has 0 aliphatic heterocycles. The first-order valence-corrected chi connectivity index (χ1v) is 7.15. The van der Waals surface area contributed by atoms with E-state index in [1.807, 2.05) is 30.5 Å². The summed E-state index contributed by atoms with van der Waals surface area (Å²) in [6.45, 7) is 0.645. The van der Waals surface area contributed by atoms with Gasteiger partial charge in [0.2, 0.25) is 0 Å². The quantitative estimate of drug-likeness (QED) is 0.856. The van der Waals surface area contributed by atoms with E-state index in [1.54, 1.807) is 10.6 Å². The number of hydrogen-bond acceptors (Lipinski definition) is 2. The third-order valence-electron chi connectivity index (χ3n) is 2.88. The van der Waals surface area contributed by atoms with Crippen LogP contribution < -0.4 is 5.56 Å². The summed E-state index contributed by atoms with van der Waals surface area (Å²) in [5.41, 5.74) is 1.21. The number of aromatic nitrogens is 1. The van der Waals surface area contributed by atoms with Crippen LogP contribution in [0.3, 0.4) is 0 Å². The zero-order chi connectivity index (χ0) is 13.0. The number of nitrogens with zero attached hydrogens (tertiary/aromatic N) is 1. The Labute approximate surface area is 120 Å². The summed E-state index contributed by atoms with van der Waals surface area (Å²) in [5, 5.41) is 0. The summed E-state index contributed by atoms with van der Waals surface area (Å²) in [4.78, 5) is 11.9. The van der Waals surface area contributed by atoms with Crippen LogP contribution in [0.25, 0.3) is 0 Å². The molecule has 0 amide bonds. The lowest BCUT2D eigenvalue weighted by molar-refractivity contribution is 0.585. The van der Waals surface area contributed by atoms with Crippen molar-refractivity contribution in [1.29, 1.82) is 0 Å². The van der Waals surface area contributed by atoms with Crippen molar-refractivity contribution in [3.05, 3.63) is 69.1 Å². The number of benzene rings is 1. The normalized spacial score (nSPS) is 12.3. The molecule has 2 aromatic rings. The molecule has 1 unspecified atom stereocenters. The largest absolute Gasteiger partial charge is 0.314 e. The first-order chi connectivity index (χ1) is 8.72. The second-order valence-corrected chi connectivity index (χ2v) is 5.32. The van der Waals surface area contributed by atoms with Crippen molar-refractivity contribution in [2.45, 2.75) is 12.5 Å². The van der Waals surface area contributed by atoms with Gasteiger partial charge >= 0.3 is 0 Å². The molecule has 0 N–H and O–H groups in total. The van der Waals surface area contributed by atoms with Crippen LogP contribution in [0.1, 0.15) is 11.5 Å². The van der Waals surface area contributed by atoms with Gasteiger partial charge in [0.25, 0.3) is 5.56 Å². The molecule has 0 bridgehead atoms. The number of halogens is 1. The summed E-state index contributed by atoms with van der Waals surface area (Å²) in [6.07, 6.45) is 1.81. The van der Waals surface area contributed by atoms with Crippen molar-refractivity contribution in [3.63, 3.8) is 0 Å². The lowest BCUT2D eigenvalue weighted by Gasteiger charge is -2.16. The highest BCUT2D eigenvalue weighted by Gasteiger charge is 2.11. The Balaban J connectivity index is 2.27. The summed E-state index contributed by atoms with van der Waals surface area (Å²) in [5.74, 6) is 0.949. The molecular weight excluding hydrogens is 310 g/mol. The van der Waals surface area contributed by atoms with Crippen LogP contribution in [0, 0.1) is 0 Å². The van der Waals surface area contributed by atoms with Gasteiger partial charge in [-0.05, 0) is 39.4 Å². The molecule has 94 valence electrons. The minimum absolute atomic E-state index is 0.000199. The van der Waals surface area contributed by atoms with Gasteiger partial charge in [-0.15, -0.1) is 0 Å². The molecular formula is C14H14BrNOS. The molecule has 1 aromatic heterocycles. The van der Waals surface area contributed by atoms with Crippen molar-refractivity contribution < 1.29 is 0 Å². The maximum absolute atomic E-state index is 11.9. The van der Waals surface area contributed by atoms with E-state index in [0.29, 0.717) is 16.8 Å². The van der Waals surface area contributed by atoms with Gasteiger partial charge in [0, 0.05) is 18.7 Å². The van der Waals surface area contributed by atoms with Gasteiger partial charge in [-0.3, -0.25) is 4.79 Å². The van der Waals surface area contributed by atoms with Gasteiger partial charge in [0.15, 0.2) is 0 Å². The molecule has 0 saturated heterocycles. The van der Waals surface area contributed by atoms with Gasteiger partial charge in [-0.1, -0.05) is 30.3 Å². The molecule has 0 spiro atoms. The van der Waals surface area contributed by atoms with E-state index in [0.717, 1.165) is 0 Å². The van der Waals surface area contributed by atoms with Crippen molar-refractivity contribution in [3.8, 4) is 0 Å². The van der Waals surface area contributed by atoms with E-state index in [9.17, 15) is 4.79 Å². The fourth-order valence-electron chi connectivity index (χ4n) is 1.88. The molecule has 1 heterocycles. The van der Waals surface area contributed by atoms with E-state index >= 15 is 0 Å². The monoisotopic (exact) mass is 323 g/mol. The van der Waals surface area contributed by atoms with Crippen LogP contribution in [0.2, 0.25) is 0 Å². The standard InChI is InChI=1S/C14H14BrNOS/c15-13-7-4-8-16(14(13)17)9-12(10-18)11-5-2-1-3-6-11/h1-8,12,18H,9-10H2. The minimum atomic E-state index is 0.000199. The second kappa shape index (κ2) is 6.25. The Morgan fingerprint density at radius 2 is 1.89 bits per heavy atom. The van der Waals surface area contributed by atoms with Crippen molar-refractivity contribution in [1.82, 2.24) is 4.57 Å². The van der Waals surface area contributed by atoms with Crippen molar-refractivity contribution in [2.75, 3.05) is 5.75 Å². The molecule has 0 aliphatic carbocycles. The van der Waals surface area contributed by atoms with Gasteiger partial charge in [-0.25, -0.2) is 0 Å². The van der Waals surface area contributed by atoms with Crippen LogP contribution in [0.4, 0.5) is 0 Å². The maximum atomic E-state index is 11.9.